The third-order valence-corrected chi connectivity index (χ3v) is 6.32. The topological polar surface area (TPSA) is 39.7 Å². The molecule has 8 heteroatoms. The largest absolute Gasteiger partial charge is 0.494 e. The van der Waals surface area contributed by atoms with Gasteiger partial charge in [0.05, 0.1) is 38.1 Å². The normalized spacial score (nSPS) is 17.7. The van der Waals surface area contributed by atoms with Gasteiger partial charge in [-0.25, -0.2) is 0 Å². The molecule has 0 spiro atoms. The Morgan fingerprint density at radius 1 is 0.838 bits per heavy atom. The molecule has 1 saturated heterocycles. The molecule has 4 nitrogen and oxygen atoms in total. The standard InChI is InChI=1S/C29H32F3NO3.ClH/c30-29(31,32)27-10-5-4-9-24(27)21-36-28-19-33-16-15-26(28)23-11-13-25(14-12-23)35-18-6-17-34-20-22-7-2-1-3-8-22;/h1-5,7-14,26,28,33H,6,15-21H2;1H. The molecular formula is C29H33ClF3NO3. The highest BCUT2D eigenvalue weighted by molar-refractivity contribution is 5.85. The number of hydrogen-bond donors (Lipinski definition) is 1. The first-order valence-electron chi connectivity index (χ1n) is 12.3. The van der Waals surface area contributed by atoms with Crippen LogP contribution in [-0.2, 0) is 28.9 Å². The number of rotatable bonds is 11. The van der Waals surface area contributed by atoms with Crippen molar-refractivity contribution >= 4 is 12.4 Å². The molecule has 0 radical (unpaired) electrons. The van der Waals surface area contributed by atoms with Crippen molar-refractivity contribution in [3.63, 3.8) is 0 Å². The van der Waals surface area contributed by atoms with Gasteiger partial charge in [0.15, 0.2) is 0 Å². The summed E-state index contributed by atoms with van der Waals surface area (Å²) in [6.07, 6.45) is -2.97. The minimum Gasteiger partial charge on any atom is -0.494 e. The van der Waals surface area contributed by atoms with E-state index in [-0.39, 0.29) is 36.6 Å². The lowest BCUT2D eigenvalue weighted by Gasteiger charge is -2.33. The zero-order chi connectivity index (χ0) is 25.2. The second kappa shape index (κ2) is 14.4. The molecule has 0 aromatic heterocycles. The summed E-state index contributed by atoms with van der Waals surface area (Å²) in [6, 6.07) is 23.6. The Balaban J connectivity index is 0.00000380. The average molecular weight is 536 g/mol. The van der Waals surface area contributed by atoms with Crippen LogP contribution in [0, 0.1) is 0 Å². The maximum absolute atomic E-state index is 13.3. The first kappa shape index (κ1) is 29.0. The van der Waals surface area contributed by atoms with E-state index in [1.165, 1.54) is 12.1 Å². The van der Waals surface area contributed by atoms with Crippen molar-refractivity contribution in [2.75, 3.05) is 26.3 Å². The van der Waals surface area contributed by atoms with Gasteiger partial charge in [-0.1, -0.05) is 60.7 Å². The number of nitrogens with one attached hydrogen (secondary N) is 1. The lowest BCUT2D eigenvalue weighted by Crippen LogP contribution is -2.41. The SMILES string of the molecule is Cl.FC(F)(F)c1ccccc1COC1CNCCC1c1ccc(OCCCOCc2ccccc2)cc1. The molecule has 0 bridgehead atoms. The summed E-state index contributed by atoms with van der Waals surface area (Å²) in [5.74, 6) is 0.886. The van der Waals surface area contributed by atoms with Crippen molar-refractivity contribution in [3.8, 4) is 5.75 Å². The second-order valence-corrected chi connectivity index (χ2v) is 8.91. The maximum Gasteiger partial charge on any atom is 0.416 e. The molecule has 2 atom stereocenters. The smallest absolute Gasteiger partial charge is 0.416 e. The zero-order valence-corrected chi connectivity index (χ0v) is 21.4. The maximum atomic E-state index is 13.3. The highest BCUT2D eigenvalue weighted by Gasteiger charge is 2.34. The van der Waals surface area contributed by atoms with Gasteiger partial charge in [-0.2, -0.15) is 13.2 Å². The fourth-order valence-electron chi connectivity index (χ4n) is 4.43. The molecule has 200 valence electrons. The van der Waals surface area contributed by atoms with E-state index >= 15 is 0 Å². The van der Waals surface area contributed by atoms with Crippen LogP contribution in [0.1, 0.15) is 41.0 Å². The highest BCUT2D eigenvalue weighted by atomic mass is 35.5. The fourth-order valence-corrected chi connectivity index (χ4v) is 4.43. The Kier molecular flexibility index (Phi) is 11.3. The first-order chi connectivity index (χ1) is 17.5. The van der Waals surface area contributed by atoms with Crippen LogP contribution in [-0.4, -0.2) is 32.4 Å². The summed E-state index contributed by atoms with van der Waals surface area (Å²) in [5.41, 5.74) is 1.77. The minimum absolute atomic E-state index is 0. The third-order valence-electron chi connectivity index (χ3n) is 6.32. The molecule has 1 aliphatic heterocycles. The van der Waals surface area contributed by atoms with Gasteiger partial charge in [0, 0.05) is 18.9 Å². The van der Waals surface area contributed by atoms with Gasteiger partial charge >= 0.3 is 6.18 Å². The number of ether oxygens (including phenoxy) is 3. The molecule has 3 aromatic rings. The second-order valence-electron chi connectivity index (χ2n) is 8.91. The van der Waals surface area contributed by atoms with E-state index in [4.69, 9.17) is 14.2 Å². The molecule has 3 aromatic carbocycles. The van der Waals surface area contributed by atoms with Gasteiger partial charge in [0.2, 0.25) is 0 Å². The highest BCUT2D eigenvalue weighted by Crippen LogP contribution is 2.34. The molecule has 4 rings (SSSR count). The van der Waals surface area contributed by atoms with E-state index in [9.17, 15) is 13.2 Å². The Labute approximate surface area is 222 Å². The Bertz CT molecular complexity index is 1060. The van der Waals surface area contributed by atoms with E-state index < -0.39 is 11.7 Å². The number of alkyl halides is 3. The number of halogens is 4. The number of piperidine rings is 1. The average Bonchev–Trinajstić information content (AvgIpc) is 2.90. The quantitative estimate of drug-likeness (QED) is 0.275. The summed E-state index contributed by atoms with van der Waals surface area (Å²) in [6.45, 7) is 3.14. The van der Waals surface area contributed by atoms with Gasteiger partial charge in [0.25, 0.3) is 0 Å². The van der Waals surface area contributed by atoms with E-state index in [1.54, 1.807) is 6.07 Å². The van der Waals surface area contributed by atoms with Gasteiger partial charge in [0.1, 0.15) is 5.75 Å². The van der Waals surface area contributed by atoms with E-state index in [0.717, 1.165) is 42.3 Å². The van der Waals surface area contributed by atoms with Crippen molar-refractivity contribution in [2.45, 2.75) is 44.3 Å². The summed E-state index contributed by atoms with van der Waals surface area (Å²) < 4.78 is 57.5. The number of hydrogen-bond acceptors (Lipinski definition) is 4. The third kappa shape index (κ3) is 8.75. The summed E-state index contributed by atoms with van der Waals surface area (Å²) in [5, 5.41) is 3.30. The molecule has 1 heterocycles. The zero-order valence-electron chi connectivity index (χ0n) is 20.6. The molecule has 1 fully saturated rings. The van der Waals surface area contributed by atoms with Gasteiger partial charge in [-0.05, 0) is 47.9 Å². The monoisotopic (exact) mass is 535 g/mol. The van der Waals surface area contributed by atoms with Gasteiger partial charge in [-0.15, -0.1) is 12.4 Å². The molecule has 1 aliphatic rings. The lowest BCUT2D eigenvalue weighted by molar-refractivity contribution is -0.139. The van der Waals surface area contributed by atoms with Crippen molar-refractivity contribution in [1.29, 1.82) is 0 Å². The van der Waals surface area contributed by atoms with Crippen LogP contribution in [0.2, 0.25) is 0 Å². The summed E-state index contributed by atoms with van der Waals surface area (Å²) in [7, 11) is 0. The number of benzene rings is 3. The fraction of sp³-hybridized carbons (Fsp3) is 0.379. The van der Waals surface area contributed by atoms with Crippen LogP contribution < -0.4 is 10.1 Å². The minimum atomic E-state index is -4.39. The van der Waals surface area contributed by atoms with Crippen molar-refractivity contribution < 1.29 is 27.4 Å². The van der Waals surface area contributed by atoms with E-state index in [0.29, 0.717) is 26.4 Å². The first-order valence-corrected chi connectivity index (χ1v) is 12.3. The lowest BCUT2D eigenvalue weighted by atomic mass is 9.87. The summed E-state index contributed by atoms with van der Waals surface area (Å²) in [4.78, 5) is 0. The van der Waals surface area contributed by atoms with Crippen LogP contribution in [0.15, 0.2) is 78.9 Å². The molecule has 0 amide bonds. The van der Waals surface area contributed by atoms with Crippen LogP contribution >= 0.6 is 12.4 Å². The Hall–Kier alpha value is -2.58. The predicted molar refractivity (Wildman–Crippen MR) is 140 cm³/mol. The van der Waals surface area contributed by atoms with Crippen molar-refractivity contribution in [3.05, 3.63) is 101 Å². The molecule has 37 heavy (non-hydrogen) atoms. The van der Waals surface area contributed by atoms with Crippen molar-refractivity contribution in [2.24, 2.45) is 0 Å². The van der Waals surface area contributed by atoms with Crippen LogP contribution in [0.25, 0.3) is 0 Å². The van der Waals surface area contributed by atoms with Crippen LogP contribution in [0.5, 0.6) is 5.75 Å². The van der Waals surface area contributed by atoms with Crippen LogP contribution in [0.3, 0.4) is 0 Å². The summed E-state index contributed by atoms with van der Waals surface area (Å²) >= 11 is 0. The molecule has 1 N–H and O–H groups in total. The van der Waals surface area contributed by atoms with Crippen molar-refractivity contribution in [1.82, 2.24) is 5.32 Å². The van der Waals surface area contributed by atoms with E-state index in [1.807, 2.05) is 54.6 Å². The Morgan fingerprint density at radius 3 is 2.32 bits per heavy atom. The molecule has 0 aliphatic carbocycles. The predicted octanol–water partition coefficient (Wildman–Crippen LogP) is 6.78. The molecule has 0 saturated carbocycles. The van der Waals surface area contributed by atoms with Gasteiger partial charge < -0.3 is 19.5 Å². The molecular weight excluding hydrogens is 503 g/mol. The Morgan fingerprint density at radius 2 is 1.57 bits per heavy atom. The van der Waals surface area contributed by atoms with E-state index in [2.05, 4.69) is 5.32 Å². The van der Waals surface area contributed by atoms with Gasteiger partial charge in [-0.3, -0.25) is 0 Å². The molecule has 2 unspecified atom stereocenters. The van der Waals surface area contributed by atoms with Crippen LogP contribution in [0.4, 0.5) is 13.2 Å².